The first kappa shape index (κ1) is 15.5. The molecule has 25 heavy (non-hydrogen) atoms. The van der Waals surface area contributed by atoms with E-state index in [4.69, 9.17) is 4.74 Å². The van der Waals surface area contributed by atoms with E-state index in [1.54, 1.807) is 6.08 Å². The summed E-state index contributed by atoms with van der Waals surface area (Å²) in [5, 5.41) is 2.80. The lowest BCUT2D eigenvalue weighted by molar-refractivity contribution is -0.115. The Bertz CT molecular complexity index is 992. The van der Waals surface area contributed by atoms with Crippen LogP contribution in [0.1, 0.15) is 11.1 Å². The van der Waals surface area contributed by atoms with E-state index < -0.39 is 0 Å². The monoisotopic (exact) mass is 350 g/mol. The highest BCUT2D eigenvalue weighted by Gasteiger charge is 2.25. The number of thioether (sulfide) groups is 1. The third-order valence-corrected chi connectivity index (χ3v) is 4.67. The van der Waals surface area contributed by atoms with Crippen molar-refractivity contribution in [2.24, 2.45) is 0 Å². The van der Waals surface area contributed by atoms with Crippen LogP contribution in [0, 0.1) is 0 Å². The molecule has 2 N–H and O–H groups in total. The number of rotatable bonds is 4. The largest absolute Gasteiger partial charge is 0.488 e. The molecule has 124 valence electrons. The number of benzene rings is 2. The quantitative estimate of drug-likeness (QED) is 0.696. The minimum absolute atomic E-state index is 0.350. The number of imide groups is 1. The highest BCUT2D eigenvalue weighted by atomic mass is 32.2. The van der Waals surface area contributed by atoms with Crippen molar-refractivity contribution in [2.45, 2.75) is 6.61 Å². The van der Waals surface area contributed by atoms with Crippen molar-refractivity contribution >= 4 is 39.9 Å². The maximum Gasteiger partial charge on any atom is 0.290 e. The van der Waals surface area contributed by atoms with Crippen LogP contribution in [0.15, 0.2) is 59.6 Å². The van der Waals surface area contributed by atoms with E-state index in [1.165, 1.54) is 0 Å². The van der Waals surface area contributed by atoms with Crippen LogP contribution in [0.3, 0.4) is 0 Å². The molecule has 0 bridgehead atoms. The second kappa shape index (κ2) is 6.49. The number of fused-ring (bicyclic) bond motifs is 1. The highest BCUT2D eigenvalue weighted by molar-refractivity contribution is 8.18. The summed E-state index contributed by atoms with van der Waals surface area (Å²) in [5.74, 6) is 0.358. The molecule has 2 amide bonds. The first-order valence-corrected chi connectivity index (χ1v) is 8.54. The van der Waals surface area contributed by atoms with Gasteiger partial charge < -0.3 is 9.72 Å². The van der Waals surface area contributed by atoms with Crippen molar-refractivity contribution in [2.75, 3.05) is 0 Å². The molecule has 2 heterocycles. The zero-order valence-electron chi connectivity index (χ0n) is 13.1. The maximum atomic E-state index is 11.8. The number of aromatic amines is 1. The number of amides is 2. The fourth-order valence-corrected chi connectivity index (χ4v) is 3.38. The number of H-pyrrole nitrogens is 1. The summed E-state index contributed by atoms with van der Waals surface area (Å²) in [7, 11) is 0. The molecule has 0 atom stereocenters. The second-order valence-corrected chi connectivity index (χ2v) is 6.56. The van der Waals surface area contributed by atoms with Gasteiger partial charge in [0.2, 0.25) is 0 Å². The molecule has 1 aliphatic heterocycles. The Morgan fingerprint density at radius 2 is 1.88 bits per heavy atom. The van der Waals surface area contributed by atoms with E-state index in [0.717, 1.165) is 39.5 Å². The van der Waals surface area contributed by atoms with Gasteiger partial charge in [0.15, 0.2) is 0 Å². The lowest BCUT2D eigenvalue weighted by Gasteiger charge is -2.08. The van der Waals surface area contributed by atoms with Crippen molar-refractivity contribution in [1.82, 2.24) is 10.3 Å². The Morgan fingerprint density at radius 3 is 2.64 bits per heavy atom. The van der Waals surface area contributed by atoms with Gasteiger partial charge in [-0.3, -0.25) is 14.9 Å². The Labute approximate surface area is 148 Å². The fourth-order valence-electron chi connectivity index (χ4n) is 2.71. The van der Waals surface area contributed by atoms with Crippen LogP contribution in [0.4, 0.5) is 4.79 Å². The van der Waals surface area contributed by atoms with Gasteiger partial charge in [0.1, 0.15) is 12.4 Å². The summed E-state index contributed by atoms with van der Waals surface area (Å²) in [5.41, 5.74) is 2.80. The third kappa shape index (κ3) is 3.16. The third-order valence-electron chi connectivity index (χ3n) is 3.86. The van der Waals surface area contributed by atoms with Crippen LogP contribution in [0.25, 0.3) is 17.0 Å². The molecule has 3 aromatic rings. The lowest BCUT2D eigenvalue weighted by Crippen LogP contribution is -2.17. The van der Waals surface area contributed by atoms with E-state index in [1.807, 2.05) is 54.7 Å². The summed E-state index contributed by atoms with van der Waals surface area (Å²) in [6.07, 6.45) is 3.52. The van der Waals surface area contributed by atoms with Gasteiger partial charge in [-0.25, -0.2) is 0 Å². The van der Waals surface area contributed by atoms with Crippen LogP contribution < -0.4 is 10.1 Å². The maximum absolute atomic E-state index is 11.8. The van der Waals surface area contributed by atoms with E-state index in [9.17, 15) is 9.59 Å². The molecule has 0 unspecified atom stereocenters. The second-order valence-electron chi connectivity index (χ2n) is 5.55. The van der Waals surface area contributed by atoms with Gasteiger partial charge in [0.05, 0.1) is 4.91 Å². The predicted octanol–water partition coefficient (Wildman–Crippen LogP) is 4.07. The zero-order valence-corrected chi connectivity index (χ0v) is 13.9. The molecule has 0 aliphatic carbocycles. The molecule has 2 aromatic carbocycles. The summed E-state index contributed by atoms with van der Waals surface area (Å²) in [4.78, 5) is 26.7. The first-order valence-electron chi connectivity index (χ1n) is 7.72. The number of carbonyl (C=O) groups excluding carboxylic acids is 2. The van der Waals surface area contributed by atoms with Crippen LogP contribution >= 0.6 is 11.8 Å². The Hall–Kier alpha value is -2.99. The Kier molecular flexibility index (Phi) is 4.03. The molecule has 1 fully saturated rings. The van der Waals surface area contributed by atoms with Gasteiger partial charge in [0, 0.05) is 22.7 Å². The molecule has 0 spiro atoms. The minimum atomic E-state index is -0.368. The van der Waals surface area contributed by atoms with Crippen LogP contribution in [0.2, 0.25) is 0 Å². The molecule has 5 nitrogen and oxygen atoms in total. The standard InChI is InChI=1S/C19H14N2O3S/c22-18-16(25-19(23)21-18)9-13-10-20-14-7-4-8-15(17(13)14)24-11-12-5-2-1-3-6-12/h1-10,20H,11H2,(H,21,22,23)/b16-9-. The summed E-state index contributed by atoms with van der Waals surface area (Å²) < 4.78 is 5.99. The molecule has 1 aliphatic rings. The molecule has 0 saturated carbocycles. The summed E-state index contributed by atoms with van der Waals surface area (Å²) in [6, 6.07) is 15.7. The SMILES string of the molecule is O=C1NC(=O)/C(=C/c2c[nH]c3cccc(OCc4ccccc4)c23)S1. The first-order chi connectivity index (χ1) is 12.2. The van der Waals surface area contributed by atoms with E-state index in [0.29, 0.717) is 11.5 Å². The molecule has 4 rings (SSSR count). The van der Waals surface area contributed by atoms with Gasteiger partial charge in [-0.05, 0) is 35.5 Å². The van der Waals surface area contributed by atoms with E-state index in [-0.39, 0.29) is 11.1 Å². The predicted molar refractivity (Wildman–Crippen MR) is 98.2 cm³/mol. The molecule has 1 aromatic heterocycles. The van der Waals surface area contributed by atoms with Gasteiger partial charge in [-0.2, -0.15) is 0 Å². The average Bonchev–Trinajstić information content (AvgIpc) is 3.17. The topological polar surface area (TPSA) is 71.2 Å². The van der Waals surface area contributed by atoms with Crippen molar-refractivity contribution in [3.05, 3.63) is 70.8 Å². The average molecular weight is 350 g/mol. The van der Waals surface area contributed by atoms with Crippen molar-refractivity contribution in [3.63, 3.8) is 0 Å². The highest BCUT2D eigenvalue weighted by Crippen LogP contribution is 2.33. The molecule has 1 saturated heterocycles. The number of aromatic nitrogens is 1. The number of hydrogen-bond donors (Lipinski definition) is 2. The Balaban J connectivity index is 1.68. The molecular weight excluding hydrogens is 336 g/mol. The number of hydrogen-bond acceptors (Lipinski definition) is 4. The van der Waals surface area contributed by atoms with Crippen molar-refractivity contribution in [1.29, 1.82) is 0 Å². The van der Waals surface area contributed by atoms with Gasteiger partial charge >= 0.3 is 0 Å². The number of ether oxygens (including phenoxy) is 1. The summed E-state index contributed by atoms with van der Waals surface area (Å²) in [6.45, 7) is 0.453. The molecule has 6 heteroatoms. The van der Waals surface area contributed by atoms with Gasteiger partial charge in [0.25, 0.3) is 11.1 Å². The van der Waals surface area contributed by atoms with Gasteiger partial charge in [-0.1, -0.05) is 36.4 Å². The molecule has 0 radical (unpaired) electrons. The smallest absolute Gasteiger partial charge is 0.290 e. The molecular formula is C19H14N2O3S. The van der Waals surface area contributed by atoms with Crippen molar-refractivity contribution < 1.29 is 14.3 Å². The van der Waals surface area contributed by atoms with Crippen LogP contribution in [-0.2, 0) is 11.4 Å². The zero-order chi connectivity index (χ0) is 17.2. The van der Waals surface area contributed by atoms with E-state index in [2.05, 4.69) is 10.3 Å². The number of nitrogens with one attached hydrogen (secondary N) is 2. The van der Waals surface area contributed by atoms with Crippen LogP contribution in [0.5, 0.6) is 5.75 Å². The lowest BCUT2D eigenvalue weighted by atomic mass is 10.1. The van der Waals surface area contributed by atoms with E-state index >= 15 is 0 Å². The van der Waals surface area contributed by atoms with Crippen molar-refractivity contribution in [3.8, 4) is 5.75 Å². The Morgan fingerprint density at radius 1 is 1.04 bits per heavy atom. The number of carbonyl (C=O) groups is 2. The van der Waals surface area contributed by atoms with Crippen LogP contribution in [-0.4, -0.2) is 16.1 Å². The normalized spacial score (nSPS) is 15.8. The van der Waals surface area contributed by atoms with Gasteiger partial charge in [-0.15, -0.1) is 0 Å². The fraction of sp³-hybridized carbons (Fsp3) is 0.0526. The summed E-state index contributed by atoms with van der Waals surface area (Å²) >= 11 is 0.903. The minimum Gasteiger partial charge on any atom is -0.488 e.